The van der Waals surface area contributed by atoms with E-state index in [0.29, 0.717) is 14.9 Å². The molecule has 17 heavy (non-hydrogen) atoms. The summed E-state index contributed by atoms with van der Waals surface area (Å²) in [6.45, 7) is 1.84. The predicted octanol–water partition coefficient (Wildman–Crippen LogP) is 2.41. The second kappa shape index (κ2) is 4.15. The molecule has 0 saturated carbocycles. The summed E-state index contributed by atoms with van der Waals surface area (Å²) in [5.74, 6) is -0.498. The molecule has 1 aliphatic heterocycles. The number of carbonyl (C=O) groups excluding carboxylic acids is 1. The molecular weight excluding hydrogens is 285 g/mol. The van der Waals surface area contributed by atoms with Gasteiger partial charge in [0.1, 0.15) is 0 Å². The summed E-state index contributed by atoms with van der Waals surface area (Å²) in [7, 11) is 1.17. The van der Waals surface area contributed by atoms with Gasteiger partial charge in [-0.1, -0.05) is 23.7 Å². The first kappa shape index (κ1) is 12.7. The van der Waals surface area contributed by atoms with Crippen molar-refractivity contribution in [2.45, 2.75) is 19.4 Å². The second-order valence-electron chi connectivity index (χ2n) is 3.86. The molecule has 0 spiro atoms. The van der Waals surface area contributed by atoms with Gasteiger partial charge in [-0.15, -0.1) is 0 Å². The minimum absolute atomic E-state index is 0.130. The van der Waals surface area contributed by atoms with Crippen molar-refractivity contribution in [3.8, 4) is 0 Å². The number of rotatable bonds is 2. The number of aryl methyl sites for hydroxylation is 1. The van der Waals surface area contributed by atoms with Gasteiger partial charge in [-0.3, -0.25) is 4.79 Å². The van der Waals surface area contributed by atoms with Gasteiger partial charge in [0.2, 0.25) is 5.91 Å². The van der Waals surface area contributed by atoms with E-state index < -0.39 is 21.2 Å². The van der Waals surface area contributed by atoms with Crippen LogP contribution in [-0.4, -0.2) is 18.6 Å². The number of halogens is 2. The van der Waals surface area contributed by atoms with Gasteiger partial charge in [-0.25, -0.2) is 4.31 Å². The van der Waals surface area contributed by atoms with Crippen LogP contribution in [0.5, 0.6) is 0 Å². The number of benzene rings is 1. The molecule has 1 saturated heterocycles. The molecule has 0 N–H and O–H groups in total. The van der Waals surface area contributed by atoms with Crippen LogP contribution >= 0.6 is 22.3 Å². The summed E-state index contributed by atoms with van der Waals surface area (Å²) in [5, 5.41) is 0.536. The van der Waals surface area contributed by atoms with Crippen molar-refractivity contribution in [2.24, 2.45) is 0 Å². The Balaban J connectivity index is 2.36. The van der Waals surface area contributed by atoms with Crippen LogP contribution in [0.3, 0.4) is 0 Å². The highest BCUT2D eigenvalue weighted by atomic mass is 35.7. The number of amides is 1. The van der Waals surface area contributed by atoms with Crippen LogP contribution in [0.25, 0.3) is 0 Å². The number of hydrogen-bond acceptors (Lipinski definition) is 3. The van der Waals surface area contributed by atoms with Crippen molar-refractivity contribution in [3.05, 3.63) is 34.3 Å². The van der Waals surface area contributed by atoms with Crippen molar-refractivity contribution < 1.29 is 13.2 Å². The lowest BCUT2D eigenvalue weighted by Crippen LogP contribution is -2.47. The van der Waals surface area contributed by atoms with Crippen LogP contribution in [0.15, 0.2) is 18.2 Å². The van der Waals surface area contributed by atoms with Gasteiger partial charge < -0.3 is 0 Å². The molecule has 7 heteroatoms. The Bertz CT molecular complexity index is 585. The topological polar surface area (TPSA) is 54.5 Å². The molecule has 0 aliphatic carbocycles. The average molecular weight is 294 g/mol. The average Bonchev–Trinajstić information content (AvgIpc) is 2.16. The maximum atomic E-state index is 11.2. The Morgan fingerprint density at radius 3 is 2.53 bits per heavy atom. The first-order valence-electron chi connectivity index (χ1n) is 4.83. The molecule has 0 radical (unpaired) electrons. The van der Waals surface area contributed by atoms with Gasteiger partial charge in [0.25, 0.3) is 0 Å². The molecule has 1 unspecified atom stereocenters. The molecule has 1 aromatic rings. The summed E-state index contributed by atoms with van der Waals surface area (Å²) in [5.41, 5.74) is 1.56. The third-order valence-corrected chi connectivity index (χ3v) is 4.49. The Kier molecular flexibility index (Phi) is 3.10. The standard InChI is InChI=1S/C10H9Cl2NO3S/c1-6-2-3-7(4-8(6)11)9-5-10(14)13(9)17(12,15)16/h2-4,9H,5H2,1H3. The van der Waals surface area contributed by atoms with Crippen molar-refractivity contribution in [3.63, 3.8) is 0 Å². The normalized spacial score (nSPS) is 20.3. The Hall–Kier alpha value is -0.780. The largest absolute Gasteiger partial charge is 0.324 e. The third-order valence-electron chi connectivity index (χ3n) is 2.71. The third kappa shape index (κ3) is 2.27. The number of nitrogens with zero attached hydrogens (tertiary/aromatic N) is 1. The van der Waals surface area contributed by atoms with E-state index in [1.165, 1.54) is 0 Å². The summed E-state index contributed by atoms with van der Waals surface area (Å²) in [4.78, 5) is 11.2. The minimum atomic E-state index is -4.02. The summed E-state index contributed by atoms with van der Waals surface area (Å²) < 4.78 is 23.1. The fourth-order valence-electron chi connectivity index (χ4n) is 1.74. The second-order valence-corrected chi connectivity index (χ2v) is 6.65. The monoisotopic (exact) mass is 293 g/mol. The lowest BCUT2D eigenvalue weighted by atomic mass is 9.96. The van der Waals surface area contributed by atoms with Gasteiger partial charge in [-0.2, -0.15) is 8.42 Å². The number of hydrogen-bond donors (Lipinski definition) is 0. The van der Waals surface area contributed by atoms with E-state index in [9.17, 15) is 13.2 Å². The van der Waals surface area contributed by atoms with E-state index in [2.05, 4.69) is 0 Å². The quantitative estimate of drug-likeness (QED) is 0.621. The van der Waals surface area contributed by atoms with E-state index in [-0.39, 0.29) is 6.42 Å². The molecule has 2 rings (SSSR count). The van der Waals surface area contributed by atoms with Gasteiger partial charge in [0.15, 0.2) is 0 Å². The van der Waals surface area contributed by atoms with Crippen LogP contribution < -0.4 is 0 Å². The van der Waals surface area contributed by atoms with E-state index >= 15 is 0 Å². The van der Waals surface area contributed by atoms with Gasteiger partial charge in [0, 0.05) is 15.7 Å². The van der Waals surface area contributed by atoms with Crippen LogP contribution in [0.1, 0.15) is 23.6 Å². The number of β-lactam (4-membered cyclic amide) rings is 1. The molecule has 1 aromatic carbocycles. The van der Waals surface area contributed by atoms with E-state index in [1.54, 1.807) is 18.2 Å². The first-order chi connectivity index (χ1) is 7.80. The zero-order valence-corrected chi connectivity index (χ0v) is 11.2. The Labute approximate surface area is 109 Å². The fraction of sp³-hybridized carbons (Fsp3) is 0.300. The van der Waals surface area contributed by atoms with Crippen molar-refractivity contribution in [1.82, 2.24) is 4.31 Å². The fourth-order valence-corrected chi connectivity index (χ4v) is 3.27. The SMILES string of the molecule is Cc1ccc(C2CC(=O)N2S(=O)(=O)Cl)cc1Cl. The van der Waals surface area contributed by atoms with Crippen molar-refractivity contribution in [2.75, 3.05) is 0 Å². The summed E-state index contributed by atoms with van der Waals surface area (Å²) >= 11 is 5.95. The maximum absolute atomic E-state index is 11.2. The van der Waals surface area contributed by atoms with Crippen LogP contribution in [-0.2, 0) is 14.0 Å². The molecule has 1 fully saturated rings. The summed E-state index contributed by atoms with van der Waals surface area (Å²) in [6, 6.07) is 4.64. The minimum Gasteiger partial charge on any atom is -0.274 e. The van der Waals surface area contributed by atoms with Crippen molar-refractivity contribution in [1.29, 1.82) is 0 Å². The molecule has 1 aliphatic rings. The van der Waals surface area contributed by atoms with Gasteiger partial charge in [-0.05, 0) is 24.1 Å². The van der Waals surface area contributed by atoms with Crippen LogP contribution in [0.4, 0.5) is 0 Å². The highest BCUT2D eigenvalue weighted by molar-refractivity contribution is 8.12. The van der Waals surface area contributed by atoms with E-state index in [1.807, 2.05) is 6.92 Å². The zero-order chi connectivity index (χ0) is 12.8. The van der Waals surface area contributed by atoms with E-state index in [4.69, 9.17) is 22.3 Å². The predicted molar refractivity (Wildman–Crippen MR) is 65.2 cm³/mol. The smallest absolute Gasteiger partial charge is 0.274 e. The highest BCUT2D eigenvalue weighted by Crippen LogP contribution is 2.39. The first-order valence-corrected chi connectivity index (χ1v) is 7.48. The maximum Gasteiger partial charge on any atom is 0.324 e. The van der Waals surface area contributed by atoms with Crippen molar-refractivity contribution >= 4 is 37.4 Å². The Morgan fingerprint density at radius 2 is 2.06 bits per heavy atom. The molecule has 1 amide bonds. The molecule has 0 aromatic heterocycles. The molecule has 92 valence electrons. The lowest BCUT2D eigenvalue weighted by molar-refractivity contribution is -0.137. The zero-order valence-electron chi connectivity index (χ0n) is 8.85. The molecule has 1 heterocycles. The molecule has 0 bridgehead atoms. The van der Waals surface area contributed by atoms with Crippen LogP contribution in [0.2, 0.25) is 5.02 Å². The highest BCUT2D eigenvalue weighted by Gasteiger charge is 2.44. The molecule has 4 nitrogen and oxygen atoms in total. The van der Waals surface area contributed by atoms with Gasteiger partial charge in [0.05, 0.1) is 12.5 Å². The summed E-state index contributed by atoms with van der Waals surface area (Å²) in [6.07, 6.45) is 0.130. The van der Waals surface area contributed by atoms with Gasteiger partial charge >= 0.3 is 9.24 Å². The van der Waals surface area contributed by atoms with E-state index in [0.717, 1.165) is 5.56 Å². The lowest BCUT2D eigenvalue weighted by Gasteiger charge is -2.37. The Morgan fingerprint density at radius 1 is 1.41 bits per heavy atom. The molecular formula is C10H9Cl2NO3S. The van der Waals surface area contributed by atoms with Crippen LogP contribution in [0, 0.1) is 6.92 Å². The number of carbonyl (C=O) groups is 1. The molecule has 1 atom stereocenters.